The van der Waals surface area contributed by atoms with Gasteiger partial charge in [-0.3, -0.25) is 4.99 Å². The number of aliphatic imine (C=N–C) groups is 1. The fourth-order valence-electron chi connectivity index (χ4n) is 1.83. The zero-order valence-corrected chi connectivity index (χ0v) is 13.3. The van der Waals surface area contributed by atoms with Crippen molar-refractivity contribution in [2.24, 2.45) is 4.99 Å². The maximum atomic E-state index is 5.11. The van der Waals surface area contributed by atoms with E-state index in [0.717, 1.165) is 18.1 Å². The Balaban J connectivity index is 1.84. The Bertz CT molecular complexity index is 609. The summed E-state index contributed by atoms with van der Waals surface area (Å²) in [7, 11) is 3.38. The summed E-state index contributed by atoms with van der Waals surface area (Å²) < 4.78 is 5.11. The second kappa shape index (κ2) is 7.64. The third kappa shape index (κ3) is 4.75. The molecule has 2 N–H and O–H groups in total. The highest BCUT2D eigenvalue weighted by Crippen LogP contribution is 2.14. The average Bonchev–Trinajstić information content (AvgIpc) is 2.93. The third-order valence-electron chi connectivity index (χ3n) is 2.92. The van der Waals surface area contributed by atoms with Crippen LogP contribution in [0.5, 0.6) is 5.88 Å². The Morgan fingerprint density at radius 3 is 2.76 bits per heavy atom. The molecule has 0 saturated carbocycles. The molecule has 0 bridgehead atoms. The Hall–Kier alpha value is -2.08. The standard InChI is InChI=1S/C15H20N4OS/c1-11-4-5-13(21-11)10-19-15(16-2)18-9-12-6-7-17-14(8-12)20-3/h4-8H,9-10H2,1-3H3,(H2,16,18,19). The highest BCUT2D eigenvalue weighted by atomic mass is 32.1. The van der Waals surface area contributed by atoms with E-state index >= 15 is 0 Å². The molecule has 0 saturated heterocycles. The van der Waals surface area contributed by atoms with Crippen LogP contribution < -0.4 is 15.4 Å². The van der Waals surface area contributed by atoms with Gasteiger partial charge in [-0.05, 0) is 30.7 Å². The van der Waals surface area contributed by atoms with Crippen molar-refractivity contribution in [3.8, 4) is 5.88 Å². The second-order valence-electron chi connectivity index (χ2n) is 4.50. The van der Waals surface area contributed by atoms with Gasteiger partial charge in [-0.15, -0.1) is 11.3 Å². The highest BCUT2D eigenvalue weighted by molar-refractivity contribution is 7.11. The lowest BCUT2D eigenvalue weighted by Crippen LogP contribution is -2.36. The minimum Gasteiger partial charge on any atom is -0.481 e. The van der Waals surface area contributed by atoms with E-state index in [0.29, 0.717) is 12.4 Å². The van der Waals surface area contributed by atoms with Crippen molar-refractivity contribution in [3.05, 3.63) is 45.8 Å². The first-order valence-corrected chi connectivity index (χ1v) is 7.51. The molecule has 0 unspecified atom stereocenters. The summed E-state index contributed by atoms with van der Waals surface area (Å²) in [4.78, 5) is 10.9. The number of methoxy groups -OCH3 is 1. The predicted molar refractivity (Wildman–Crippen MR) is 86.9 cm³/mol. The number of hydrogen-bond acceptors (Lipinski definition) is 4. The van der Waals surface area contributed by atoms with Crippen LogP contribution in [0.2, 0.25) is 0 Å². The quantitative estimate of drug-likeness (QED) is 0.657. The second-order valence-corrected chi connectivity index (χ2v) is 5.87. The van der Waals surface area contributed by atoms with Gasteiger partial charge < -0.3 is 15.4 Å². The van der Waals surface area contributed by atoms with Crippen molar-refractivity contribution in [2.45, 2.75) is 20.0 Å². The van der Waals surface area contributed by atoms with E-state index in [4.69, 9.17) is 4.74 Å². The number of aromatic nitrogens is 1. The molecule has 2 aromatic rings. The molecule has 0 aliphatic rings. The summed E-state index contributed by atoms with van der Waals surface area (Å²) in [6.07, 6.45) is 1.74. The molecule has 0 fully saturated rings. The first-order valence-electron chi connectivity index (χ1n) is 6.70. The van der Waals surface area contributed by atoms with E-state index in [2.05, 4.69) is 39.7 Å². The smallest absolute Gasteiger partial charge is 0.213 e. The molecule has 2 aromatic heterocycles. The van der Waals surface area contributed by atoms with Crippen LogP contribution in [0.25, 0.3) is 0 Å². The van der Waals surface area contributed by atoms with Crippen molar-refractivity contribution in [1.29, 1.82) is 0 Å². The van der Waals surface area contributed by atoms with E-state index < -0.39 is 0 Å². The Morgan fingerprint density at radius 2 is 2.10 bits per heavy atom. The number of ether oxygens (including phenoxy) is 1. The lowest BCUT2D eigenvalue weighted by atomic mass is 10.2. The van der Waals surface area contributed by atoms with E-state index in [1.165, 1.54) is 9.75 Å². The molecule has 0 amide bonds. The van der Waals surface area contributed by atoms with Crippen LogP contribution in [0, 0.1) is 6.92 Å². The van der Waals surface area contributed by atoms with Crippen LogP contribution in [0.3, 0.4) is 0 Å². The van der Waals surface area contributed by atoms with Gasteiger partial charge in [-0.2, -0.15) is 0 Å². The van der Waals surface area contributed by atoms with Crippen LogP contribution >= 0.6 is 11.3 Å². The summed E-state index contributed by atoms with van der Waals surface area (Å²) in [5.74, 6) is 1.39. The first-order chi connectivity index (χ1) is 10.2. The van der Waals surface area contributed by atoms with Gasteiger partial charge in [0.15, 0.2) is 5.96 Å². The number of thiophene rings is 1. The number of rotatable bonds is 5. The van der Waals surface area contributed by atoms with E-state index in [1.807, 2.05) is 12.1 Å². The van der Waals surface area contributed by atoms with Crippen LogP contribution in [0.1, 0.15) is 15.3 Å². The number of aryl methyl sites for hydroxylation is 1. The van der Waals surface area contributed by atoms with Gasteiger partial charge in [0.25, 0.3) is 0 Å². The molecule has 21 heavy (non-hydrogen) atoms. The fraction of sp³-hybridized carbons (Fsp3) is 0.333. The lowest BCUT2D eigenvalue weighted by molar-refractivity contribution is 0.397. The van der Waals surface area contributed by atoms with Gasteiger partial charge in [0.1, 0.15) is 0 Å². The predicted octanol–water partition coefficient (Wildman–Crippen LogP) is 2.33. The van der Waals surface area contributed by atoms with Crippen molar-refractivity contribution >= 4 is 17.3 Å². The SMILES string of the molecule is CN=C(NCc1ccnc(OC)c1)NCc1ccc(C)s1. The fourth-order valence-corrected chi connectivity index (χ4v) is 2.66. The van der Waals surface area contributed by atoms with Crippen molar-refractivity contribution in [2.75, 3.05) is 14.2 Å². The largest absolute Gasteiger partial charge is 0.481 e. The molecule has 0 radical (unpaired) electrons. The van der Waals surface area contributed by atoms with Gasteiger partial charge >= 0.3 is 0 Å². The summed E-state index contributed by atoms with van der Waals surface area (Å²) in [5, 5.41) is 6.57. The first kappa shape index (κ1) is 15.3. The molecule has 112 valence electrons. The molecule has 2 rings (SSSR count). The van der Waals surface area contributed by atoms with Crippen LogP contribution in [0.4, 0.5) is 0 Å². The van der Waals surface area contributed by atoms with Gasteiger partial charge in [0.2, 0.25) is 5.88 Å². The zero-order chi connectivity index (χ0) is 15.1. The van der Waals surface area contributed by atoms with Crippen molar-refractivity contribution in [1.82, 2.24) is 15.6 Å². The molecule has 0 aromatic carbocycles. The minimum absolute atomic E-state index is 0.617. The van der Waals surface area contributed by atoms with E-state index in [1.54, 1.807) is 31.7 Å². The molecular formula is C15H20N4OS. The average molecular weight is 304 g/mol. The summed E-state index contributed by atoms with van der Waals surface area (Å²) >= 11 is 1.79. The molecule has 0 spiro atoms. The van der Waals surface area contributed by atoms with Crippen LogP contribution in [0.15, 0.2) is 35.5 Å². The molecule has 2 heterocycles. The monoisotopic (exact) mass is 304 g/mol. The number of pyridine rings is 1. The maximum Gasteiger partial charge on any atom is 0.213 e. The van der Waals surface area contributed by atoms with Gasteiger partial charge in [-0.1, -0.05) is 0 Å². The zero-order valence-electron chi connectivity index (χ0n) is 12.5. The number of nitrogens with zero attached hydrogens (tertiary/aromatic N) is 2. The molecule has 0 aliphatic heterocycles. The van der Waals surface area contributed by atoms with Crippen LogP contribution in [-0.4, -0.2) is 25.1 Å². The number of guanidine groups is 1. The topological polar surface area (TPSA) is 58.5 Å². The van der Waals surface area contributed by atoms with Crippen molar-refractivity contribution in [3.63, 3.8) is 0 Å². The Morgan fingerprint density at radius 1 is 1.29 bits per heavy atom. The Kier molecular flexibility index (Phi) is 5.57. The highest BCUT2D eigenvalue weighted by Gasteiger charge is 2.02. The molecular weight excluding hydrogens is 284 g/mol. The summed E-state index contributed by atoms with van der Waals surface area (Å²) in [6, 6.07) is 8.11. The minimum atomic E-state index is 0.617. The van der Waals surface area contributed by atoms with Crippen molar-refractivity contribution < 1.29 is 4.74 Å². The normalized spacial score (nSPS) is 11.3. The molecule has 0 atom stereocenters. The van der Waals surface area contributed by atoms with E-state index in [9.17, 15) is 0 Å². The van der Waals surface area contributed by atoms with Crippen LogP contribution in [-0.2, 0) is 13.1 Å². The summed E-state index contributed by atoms with van der Waals surface area (Å²) in [6.45, 7) is 3.55. The third-order valence-corrected chi connectivity index (χ3v) is 3.92. The summed E-state index contributed by atoms with van der Waals surface area (Å²) in [5.41, 5.74) is 1.09. The molecule has 0 aliphatic carbocycles. The number of hydrogen-bond donors (Lipinski definition) is 2. The Labute approximate surface area is 129 Å². The molecule has 6 heteroatoms. The molecule has 5 nitrogen and oxygen atoms in total. The lowest BCUT2D eigenvalue weighted by Gasteiger charge is -2.11. The van der Waals surface area contributed by atoms with Gasteiger partial charge in [0, 0.05) is 35.6 Å². The van der Waals surface area contributed by atoms with E-state index in [-0.39, 0.29) is 0 Å². The maximum absolute atomic E-state index is 5.11. The van der Waals surface area contributed by atoms with Gasteiger partial charge in [-0.25, -0.2) is 4.98 Å². The van der Waals surface area contributed by atoms with Gasteiger partial charge in [0.05, 0.1) is 13.7 Å². The number of nitrogens with one attached hydrogen (secondary N) is 2.